The molecule has 0 atom stereocenters. The molecule has 1 heterocycles. The van der Waals surface area contributed by atoms with Gasteiger partial charge in [0, 0.05) is 32.7 Å². The van der Waals surface area contributed by atoms with Crippen molar-refractivity contribution in [1.82, 2.24) is 9.80 Å². The molecule has 1 aromatic rings. The summed E-state index contributed by atoms with van der Waals surface area (Å²) in [5.74, 6) is 0. The molecule has 0 radical (unpaired) electrons. The van der Waals surface area contributed by atoms with Gasteiger partial charge in [0.1, 0.15) is 4.32 Å². The van der Waals surface area contributed by atoms with E-state index in [2.05, 4.69) is 52.8 Å². The molecule has 1 aliphatic rings. The fraction of sp³-hybridized carbons (Fsp3) is 0.462. The van der Waals surface area contributed by atoms with Crippen LogP contribution in [0.15, 0.2) is 30.3 Å². The standard InChI is InChI=1S/C13H18N2S2/c16-13(17)15-10-8-14(9-11-15)7-6-12-4-2-1-3-5-12/h1-5H,6-11H2,(H,16,17). The number of benzene rings is 1. The second kappa shape index (κ2) is 6.38. The molecule has 1 saturated heterocycles. The molecule has 0 spiro atoms. The summed E-state index contributed by atoms with van der Waals surface area (Å²) in [6.45, 7) is 5.34. The molecule has 0 aromatic heterocycles. The fourth-order valence-electron chi connectivity index (χ4n) is 2.09. The maximum absolute atomic E-state index is 5.07. The Morgan fingerprint density at radius 1 is 1.12 bits per heavy atom. The minimum atomic E-state index is 0.729. The van der Waals surface area contributed by atoms with Gasteiger partial charge in [-0.3, -0.25) is 4.90 Å². The Kier molecular flexibility index (Phi) is 4.83. The van der Waals surface area contributed by atoms with Crippen LogP contribution in [0.2, 0.25) is 0 Å². The smallest absolute Gasteiger partial charge is 0.133 e. The number of thiol groups is 1. The van der Waals surface area contributed by atoms with Crippen LogP contribution in [-0.4, -0.2) is 46.8 Å². The fourth-order valence-corrected chi connectivity index (χ4v) is 2.48. The van der Waals surface area contributed by atoms with Crippen molar-refractivity contribution in [2.75, 3.05) is 32.7 Å². The predicted molar refractivity (Wildman–Crippen MR) is 79.7 cm³/mol. The Balaban J connectivity index is 1.74. The summed E-state index contributed by atoms with van der Waals surface area (Å²) in [7, 11) is 0. The van der Waals surface area contributed by atoms with Crippen LogP contribution in [0.25, 0.3) is 0 Å². The lowest BCUT2D eigenvalue weighted by atomic mass is 10.1. The summed E-state index contributed by atoms with van der Waals surface area (Å²) in [5, 5.41) is 0. The van der Waals surface area contributed by atoms with Gasteiger partial charge in [0.15, 0.2) is 0 Å². The van der Waals surface area contributed by atoms with Crippen molar-refractivity contribution < 1.29 is 0 Å². The van der Waals surface area contributed by atoms with Gasteiger partial charge in [-0.25, -0.2) is 0 Å². The lowest BCUT2D eigenvalue weighted by Gasteiger charge is -2.35. The van der Waals surface area contributed by atoms with Gasteiger partial charge < -0.3 is 4.90 Å². The highest BCUT2D eigenvalue weighted by Crippen LogP contribution is 2.07. The Hall–Kier alpha value is -0.580. The van der Waals surface area contributed by atoms with Gasteiger partial charge in [-0.05, 0) is 12.0 Å². The summed E-state index contributed by atoms with van der Waals surface area (Å²) >= 11 is 9.29. The average Bonchev–Trinajstić information content (AvgIpc) is 2.38. The minimum absolute atomic E-state index is 0.729. The zero-order valence-electron chi connectivity index (χ0n) is 9.88. The van der Waals surface area contributed by atoms with E-state index in [-0.39, 0.29) is 0 Å². The third kappa shape index (κ3) is 3.98. The molecule has 1 aromatic carbocycles. The first-order valence-corrected chi connectivity index (χ1v) is 6.85. The molecule has 0 bridgehead atoms. The van der Waals surface area contributed by atoms with Gasteiger partial charge in [-0.15, -0.1) is 12.6 Å². The molecule has 1 aliphatic heterocycles. The molecule has 92 valence electrons. The lowest BCUT2D eigenvalue weighted by Crippen LogP contribution is -2.47. The van der Waals surface area contributed by atoms with E-state index >= 15 is 0 Å². The third-order valence-corrected chi connectivity index (χ3v) is 3.74. The number of nitrogens with zero attached hydrogens (tertiary/aromatic N) is 2. The Bertz CT molecular complexity index is 359. The zero-order valence-corrected chi connectivity index (χ0v) is 11.6. The van der Waals surface area contributed by atoms with Crippen molar-refractivity contribution in [1.29, 1.82) is 0 Å². The molecular formula is C13H18N2S2. The van der Waals surface area contributed by atoms with Gasteiger partial charge in [0.05, 0.1) is 0 Å². The second-order valence-electron chi connectivity index (χ2n) is 4.35. The van der Waals surface area contributed by atoms with Crippen LogP contribution in [0, 0.1) is 0 Å². The summed E-state index contributed by atoms with van der Waals surface area (Å²) in [4.78, 5) is 4.66. The monoisotopic (exact) mass is 266 g/mol. The SMILES string of the molecule is S=C(S)N1CCN(CCc2ccccc2)CC1. The van der Waals surface area contributed by atoms with E-state index in [1.54, 1.807) is 0 Å². The summed E-state index contributed by atoms with van der Waals surface area (Å²) in [5.41, 5.74) is 1.42. The van der Waals surface area contributed by atoms with Crippen LogP contribution in [0.1, 0.15) is 5.56 Å². The Morgan fingerprint density at radius 2 is 1.76 bits per heavy atom. The molecular weight excluding hydrogens is 248 g/mol. The quantitative estimate of drug-likeness (QED) is 0.661. The highest BCUT2D eigenvalue weighted by molar-refractivity contribution is 8.10. The highest BCUT2D eigenvalue weighted by Gasteiger charge is 2.16. The molecule has 0 saturated carbocycles. The Morgan fingerprint density at radius 3 is 2.35 bits per heavy atom. The van der Waals surface area contributed by atoms with Gasteiger partial charge >= 0.3 is 0 Å². The molecule has 0 amide bonds. The van der Waals surface area contributed by atoms with Gasteiger partial charge in [0.25, 0.3) is 0 Å². The summed E-state index contributed by atoms with van der Waals surface area (Å²) in [6.07, 6.45) is 1.13. The van der Waals surface area contributed by atoms with Crippen LogP contribution < -0.4 is 0 Å². The van der Waals surface area contributed by atoms with Crippen LogP contribution in [0.3, 0.4) is 0 Å². The molecule has 4 heteroatoms. The van der Waals surface area contributed by atoms with E-state index in [4.69, 9.17) is 12.2 Å². The van der Waals surface area contributed by atoms with Crippen molar-refractivity contribution in [2.24, 2.45) is 0 Å². The number of piperazine rings is 1. The van der Waals surface area contributed by atoms with E-state index < -0.39 is 0 Å². The molecule has 0 N–H and O–H groups in total. The first-order valence-electron chi connectivity index (χ1n) is 6.00. The van der Waals surface area contributed by atoms with E-state index in [1.165, 1.54) is 5.56 Å². The molecule has 2 nitrogen and oxygen atoms in total. The molecule has 2 rings (SSSR count). The van der Waals surface area contributed by atoms with Crippen molar-refractivity contribution in [3.63, 3.8) is 0 Å². The van der Waals surface area contributed by atoms with Crippen LogP contribution in [0.5, 0.6) is 0 Å². The van der Waals surface area contributed by atoms with Crippen molar-refractivity contribution in [3.8, 4) is 0 Å². The van der Waals surface area contributed by atoms with Crippen LogP contribution >= 0.6 is 24.8 Å². The van der Waals surface area contributed by atoms with Gasteiger partial charge in [0.2, 0.25) is 0 Å². The third-order valence-electron chi connectivity index (χ3n) is 3.20. The second-order valence-corrected chi connectivity index (χ2v) is 5.46. The first kappa shape index (κ1) is 12.9. The summed E-state index contributed by atoms with van der Waals surface area (Å²) in [6, 6.07) is 10.7. The molecule has 17 heavy (non-hydrogen) atoms. The van der Waals surface area contributed by atoms with Crippen molar-refractivity contribution in [3.05, 3.63) is 35.9 Å². The van der Waals surface area contributed by atoms with E-state index in [0.29, 0.717) is 0 Å². The maximum atomic E-state index is 5.07. The molecule has 1 fully saturated rings. The lowest BCUT2D eigenvalue weighted by molar-refractivity contribution is 0.187. The van der Waals surface area contributed by atoms with Crippen LogP contribution in [-0.2, 0) is 6.42 Å². The van der Waals surface area contributed by atoms with Gasteiger partial charge in [-0.2, -0.15) is 0 Å². The average molecular weight is 266 g/mol. The highest BCUT2D eigenvalue weighted by atomic mass is 32.1. The number of hydrogen-bond acceptors (Lipinski definition) is 2. The predicted octanol–water partition coefficient (Wildman–Crippen LogP) is 2.06. The maximum Gasteiger partial charge on any atom is 0.133 e. The largest absolute Gasteiger partial charge is 0.355 e. The number of rotatable bonds is 3. The van der Waals surface area contributed by atoms with Crippen molar-refractivity contribution in [2.45, 2.75) is 6.42 Å². The normalized spacial score (nSPS) is 17.1. The van der Waals surface area contributed by atoms with Gasteiger partial charge in [-0.1, -0.05) is 42.5 Å². The van der Waals surface area contributed by atoms with Crippen molar-refractivity contribution >= 4 is 29.2 Å². The Labute approximate surface area is 114 Å². The van der Waals surface area contributed by atoms with E-state index in [0.717, 1.165) is 43.5 Å². The number of thiocarbonyl (C=S) groups is 1. The topological polar surface area (TPSA) is 6.48 Å². The molecule has 0 aliphatic carbocycles. The minimum Gasteiger partial charge on any atom is -0.355 e. The molecule has 0 unspecified atom stereocenters. The van der Waals surface area contributed by atoms with E-state index in [1.807, 2.05) is 0 Å². The first-order chi connectivity index (χ1) is 8.25. The number of hydrogen-bond donors (Lipinski definition) is 1. The summed E-state index contributed by atoms with van der Waals surface area (Å²) < 4.78 is 0.729. The zero-order chi connectivity index (χ0) is 12.1. The van der Waals surface area contributed by atoms with Crippen LogP contribution in [0.4, 0.5) is 0 Å². The van der Waals surface area contributed by atoms with E-state index in [9.17, 15) is 0 Å².